The Balaban J connectivity index is 1.92. The van der Waals surface area contributed by atoms with Crippen molar-refractivity contribution in [3.05, 3.63) is 84.4 Å². The number of H-pyrrole nitrogens is 1. The molecule has 4 aromatic rings. The third-order valence-corrected chi connectivity index (χ3v) is 5.33. The lowest BCUT2D eigenvalue weighted by molar-refractivity contribution is 1.30. The fourth-order valence-corrected chi connectivity index (χ4v) is 3.97. The number of aryl methyl sites for hydroxylation is 1. The van der Waals surface area contributed by atoms with Gasteiger partial charge in [-0.15, -0.1) is 0 Å². The molecule has 0 radical (unpaired) electrons. The molecular formula is C21H17NS. The number of fused-ring (bicyclic) bond motifs is 1. The third kappa shape index (κ3) is 2.66. The summed E-state index contributed by atoms with van der Waals surface area (Å²) in [6, 6.07) is 27.6. The predicted molar refractivity (Wildman–Crippen MR) is 99.0 cm³/mol. The van der Waals surface area contributed by atoms with Gasteiger partial charge in [-0.3, -0.25) is 0 Å². The molecule has 3 aromatic carbocycles. The van der Waals surface area contributed by atoms with Crippen LogP contribution in [0.15, 0.2) is 88.7 Å². The maximum Gasteiger partial charge on any atom is 0.0606 e. The number of benzene rings is 3. The first kappa shape index (κ1) is 14.2. The highest BCUT2D eigenvalue weighted by Gasteiger charge is 2.14. The molecule has 0 saturated heterocycles. The molecular weight excluding hydrogens is 298 g/mol. The minimum atomic E-state index is 1.18. The van der Waals surface area contributed by atoms with E-state index >= 15 is 0 Å². The second kappa shape index (κ2) is 5.98. The van der Waals surface area contributed by atoms with Crippen LogP contribution >= 0.6 is 11.8 Å². The molecule has 1 nitrogen and oxygen atoms in total. The van der Waals surface area contributed by atoms with E-state index < -0.39 is 0 Å². The minimum Gasteiger partial charge on any atom is -0.354 e. The summed E-state index contributed by atoms with van der Waals surface area (Å²) in [5, 5.41) is 1.28. The lowest BCUT2D eigenvalue weighted by Gasteiger charge is -2.07. The molecule has 0 unspecified atom stereocenters. The van der Waals surface area contributed by atoms with Crippen molar-refractivity contribution >= 4 is 22.7 Å². The van der Waals surface area contributed by atoms with Crippen LogP contribution in [0, 0.1) is 6.92 Å². The van der Waals surface area contributed by atoms with Gasteiger partial charge in [0.05, 0.1) is 5.69 Å². The maximum atomic E-state index is 3.60. The Morgan fingerprint density at radius 3 is 2.26 bits per heavy atom. The molecule has 23 heavy (non-hydrogen) atoms. The summed E-state index contributed by atoms with van der Waals surface area (Å²) < 4.78 is 0. The largest absolute Gasteiger partial charge is 0.354 e. The van der Waals surface area contributed by atoms with Gasteiger partial charge in [0, 0.05) is 20.7 Å². The van der Waals surface area contributed by atoms with Crippen molar-refractivity contribution in [2.24, 2.45) is 0 Å². The van der Waals surface area contributed by atoms with E-state index in [-0.39, 0.29) is 0 Å². The van der Waals surface area contributed by atoms with Crippen molar-refractivity contribution in [2.45, 2.75) is 16.7 Å². The molecule has 1 N–H and O–H groups in total. The topological polar surface area (TPSA) is 15.8 Å². The van der Waals surface area contributed by atoms with E-state index in [2.05, 4.69) is 90.8 Å². The number of hydrogen-bond acceptors (Lipinski definition) is 1. The Kier molecular flexibility index (Phi) is 3.68. The lowest BCUT2D eigenvalue weighted by atomic mass is 10.1. The highest BCUT2D eigenvalue weighted by atomic mass is 32.2. The first-order chi connectivity index (χ1) is 11.3. The van der Waals surface area contributed by atoms with Crippen molar-refractivity contribution in [3.63, 3.8) is 0 Å². The smallest absolute Gasteiger partial charge is 0.0606 e. The van der Waals surface area contributed by atoms with Crippen LogP contribution in [0.2, 0.25) is 0 Å². The van der Waals surface area contributed by atoms with Gasteiger partial charge in [-0.2, -0.15) is 0 Å². The van der Waals surface area contributed by atoms with Gasteiger partial charge in [-0.05, 0) is 30.2 Å². The number of aromatic amines is 1. The Bertz CT molecular complexity index is 954. The Morgan fingerprint density at radius 1 is 0.739 bits per heavy atom. The summed E-state index contributed by atoms with van der Waals surface area (Å²) in [5.74, 6) is 0. The molecule has 0 saturated carbocycles. The van der Waals surface area contributed by atoms with E-state index in [1.807, 2.05) is 11.8 Å². The normalized spacial score (nSPS) is 11.0. The van der Waals surface area contributed by atoms with Crippen molar-refractivity contribution in [3.8, 4) is 11.3 Å². The van der Waals surface area contributed by atoms with E-state index in [0.29, 0.717) is 0 Å². The maximum absolute atomic E-state index is 3.60. The Morgan fingerprint density at radius 2 is 1.43 bits per heavy atom. The number of nitrogens with one attached hydrogen (secondary N) is 1. The minimum absolute atomic E-state index is 1.18. The molecule has 0 amide bonds. The van der Waals surface area contributed by atoms with Crippen molar-refractivity contribution in [1.29, 1.82) is 0 Å². The molecule has 1 aromatic heterocycles. The van der Waals surface area contributed by atoms with Crippen LogP contribution < -0.4 is 0 Å². The van der Waals surface area contributed by atoms with E-state index in [0.717, 1.165) is 0 Å². The van der Waals surface area contributed by atoms with Gasteiger partial charge >= 0.3 is 0 Å². The first-order valence-corrected chi connectivity index (χ1v) is 8.54. The molecule has 1 heterocycles. The summed E-state index contributed by atoms with van der Waals surface area (Å²) in [6.45, 7) is 2.17. The number of para-hydroxylation sites is 1. The average Bonchev–Trinajstić information content (AvgIpc) is 2.96. The van der Waals surface area contributed by atoms with E-state index in [1.165, 1.54) is 37.5 Å². The van der Waals surface area contributed by atoms with Gasteiger partial charge in [0.25, 0.3) is 0 Å². The molecule has 0 aliphatic heterocycles. The third-order valence-electron chi connectivity index (χ3n) is 4.03. The molecule has 0 fully saturated rings. The number of rotatable bonds is 3. The van der Waals surface area contributed by atoms with Crippen LogP contribution in [0.5, 0.6) is 0 Å². The van der Waals surface area contributed by atoms with Crippen molar-refractivity contribution in [2.75, 3.05) is 0 Å². The zero-order valence-corrected chi connectivity index (χ0v) is 13.7. The Labute approximate surface area is 140 Å². The van der Waals surface area contributed by atoms with E-state index in [9.17, 15) is 0 Å². The monoisotopic (exact) mass is 315 g/mol. The highest BCUT2D eigenvalue weighted by Crippen LogP contribution is 2.41. The summed E-state index contributed by atoms with van der Waals surface area (Å²) in [5.41, 5.74) is 4.91. The zero-order valence-electron chi connectivity index (χ0n) is 12.9. The molecule has 0 spiro atoms. The number of aromatic nitrogens is 1. The van der Waals surface area contributed by atoms with Gasteiger partial charge in [0.1, 0.15) is 0 Å². The Hall–Kier alpha value is -2.45. The van der Waals surface area contributed by atoms with Crippen LogP contribution in [-0.4, -0.2) is 4.98 Å². The van der Waals surface area contributed by atoms with Crippen LogP contribution in [0.4, 0.5) is 0 Å². The number of hydrogen-bond donors (Lipinski definition) is 1. The second-order valence-electron chi connectivity index (χ2n) is 5.61. The molecule has 4 rings (SSSR count). The van der Waals surface area contributed by atoms with E-state index in [1.54, 1.807) is 0 Å². The molecule has 0 atom stereocenters. The van der Waals surface area contributed by atoms with Gasteiger partial charge in [-0.25, -0.2) is 0 Å². The SMILES string of the molecule is Cc1ccccc1Sc1c(-c2ccccc2)[nH]c2ccccc12. The fraction of sp³-hybridized carbons (Fsp3) is 0.0476. The van der Waals surface area contributed by atoms with Crippen LogP contribution in [0.25, 0.3) is 22.2 Å². The van der Waals surface area contributed by atoms with Crippen molar-refractivity contribution < 1.29 is 0 Å². The van der Waals surface area contributed by atoms with Crippen LogP contribution in [0.1, 0.15) is 5.56 Å². The summed E-state index contributed by atoms with van der Waals surface area (Å²) in [6.07, 6.45) is 0. The molecule has 112 valence electrons. The summed E-state index contributed by atoms with van der Waals surface area (Å²) >= 11 is 1.84. The van der Waals surface area contributed by atoms with Crippen LogP contribution in [-0.2, 0) is 0 Å². The standard InChI is InChI=1S/C21H17NS/c1-15-9-5-8-14-19(15)23-21-17-12-6-7-13-18(17)22-20(21)16-10-3-2-4-11-16/h2-14,22H,1H3. The highest BCUT2D eigenvalue weighted by molar-refractivity contribution is 7.99. The second-order valence-corrected chi connectivity index (χ2v) is 6.66. The van der Waals surface area contributed by atoms with Gasteiger partial charge in [0.2, 0.25) is 0 Å². The molecule has 0 aliphatic carbocycles. The summed E-state index contributed by atoms with van der Waals surface area (Å²) in [4.78, 5) is 6.19. The van der Waals surface area contributed by atoms with Gasteiger partial charge < -0.3 is 4.98 Å². The van der Waals surface area contributed by atoms with E-state index in [4.69, 9.17) is 0 Å². The molecule has 0 aliphatic rings. The zero-order chi connectivity index (χ0) is 15.6. The molecule has 0 bridgehead atoms. The summed E-state index contributed by atoms with van der Waals surface area (Å²) in [7, 11) is 0. The van der Waals surface area contributed by atoms with Gasteiger partial charge in [0.15, 0.2) is 0 Å². The molecule has 2 heteroatoms. The lowest BCUT2D eigenvalue weighted by Crippen LogP contribution is -1.82. The quantitative estimate of drug-likeness (QED) is 0.469. The predicted octanol–water partition coefficient (Wildman–Crippen LogP) is 6.29. The van der Waals surface area contributed by atoms with Gasteiger partial charge in [-0.1, -0.05) is 78.5 Å². The van der Waals surface area contributed by atoms with Crippen molar-refractivity contribution in [1.82, 2.24) is 4.98 Å². The fourth-order valence-electron chi connectivity index (χ4n) is 2.81. The van der Waals surface area contributed by atoms with Crippen LogP contribution in [0.3, 0.4) is 0 Å². The average molecular weight is 315 g/mol. The first-order valence-electron chi connectivity index (χ1n) is 7.72.